The molecule has 0 N–H and O–H groups in total. The van der Waals surface area contributed by atoms with E-state index in [0.717, 1.165) is 22.5 Å². The summed E-state index contributed by atoms with van der Waals surface area (Å²) in [5.74, 6) is 0. The number of nitrogens with zero attached hydrogens (tertiary/aromatic N) is 2. The Hall–Kier alpha value is -6.12. The summed E-state index contributed by atoms with van der Waals surface area (Å²) < 4.78 is 0. The quantitative estimate of drug-likeness (QED) is 0.106. The van der Waals surface area contributed by atoms with Crippen molar-refractivity contribution in [3.8, 4) is 33.4 Å². The zero-order valence-corrected chi connectivity index (χ0v) is 28.3. The highest BCUT2D eigenvalue weighted by molar-refractivity contribution is 6.07. The smallest absolute Gasteiger partial charge is 0.0630 e. The summed E-state index contributed by atoms with van der Waals surface area (Å²) in [6, 6.07) is 47.1. The first-order valence-electron chi connectivity index (χ1n) is 16.6. The van der Waals surface area contributed by atoms with Crippen molar-refractivity contribution in [3.05, 3.63) is 199 Å². The number of rotatable bonds is 10. The van der Waals surface area contributed by atoms with Gasteiger partial charge in [0, 0.05) is 23.7 Å². The van der Waals surface area contributed by atoms with Crippen molar-refractivity contribution in [2.45, 2.75) is 20.8 Å². The highest BCUT2D eigenvalue weighted by Crippen LogP contribution is 2.38. The van der Waals surface area contributed by atoms with Gasteiger partial charge < -0.3 is 0 Å². The summed E-state index contributed by atoms with van der Waals surface area (Å²) in [7, 11) is 0. The van der Waals surface area contributed by atoms with Gasteiger partial charge in [-0.3, -0.25) is 9.98 Å². The Morgan fingerprint density at radius 1 is 0.571 bits per heavy atom. The van der Waals surface area contributed by atoms with Crippen LogP contribution in [0.5, 0.6) is 0 Å². The molecule has 2 heteroatoms. The van der Waals surface area contributed by atoms with Crippen molar-refractivity contribution in [3.63, 3.8) is 0 Å². The van der Waals surface area contributed by atoms with Crippen molar-refractivity contribution in [1.29, 1.82) is 0 Å². The van der Waals surface area contributed by atoms with Gasteiger partial charge in [0.2, 0.25) is 0 Å². The molecule has 0 radical (unpaired) electrons. The van der Waals surface area contributed by atoms with Gasteiger partial charge in [-0.2, -0.15) is 0 Å². The van der Waals surface area contributed by atoms with E-state index in [-0.39, 0.29) is 0 Å². The Labute approximate surface area is 290 Å². The zero-order chi connectivity index (χ0) is 34.0. The van der Waals surface area contributed by atoms with Gasteiger partial charge in [0.05, 0.1) is 5.70 Å². The van der Waals surface area contributed by atoms with Crippen LogP contribution < -0.4 is 0 Å². The van der Waals surface area contributed by atoms with E-state index in [1.54, 1.807) is 6.21 Å². The summed E-state index contributed by atoms with van der Waals surface area (Å²) in [5, 5.41) is 2.51. The second kappa shape index (κ2) is 15.6. The first-order chi connectivity index (χ1) is 24.0. The van der Waals surface area contributed by atoms with E-state index in [9.17, 15) is 0 Å². The first kappa shape index (κ1) is 32.8. The molecule has 0 aliphatic carbocycles. The second-order valence-electron chi connectivity index (χ2n) is 12.0. The third kappa shape index (κ3) is 7.72. The van der Waals surface area contributed by atoms with Crippen molar-refractivity contribution in [2.24, 2.45) is 9.98 Å². The van der Waals surface area contributed by atoms with Gasteiger partial charge in [-0.05, 0) is 93.8 Å². The molecule has 0 spiro atoms. The van der Waals surface area contributed by atoms with Crippen LogP contribution in [0.2, 0.25) is 0 Å². The Kier molecular flexibility index (Phi) is 10.5. The molecule has 0 fully saturated rings. The standard InChI is InChI=1S/C47H40N2/c1-34-18-11-13-23-42(34)43-30-31-44(37(4)49-33-16-7-5-6-15-32-48-36(3)38-19-9-8-10-20-38)47(35(43)2)41-28-26-40(27-29-41)46-25-17-22-39-21-12-14-24-45(39)46/h5-33H,3H2,1-2,4H3/b7-5-,15-6+,33-16-,48-32?,49-37?. The average molecular weight is 633 g/mol. The van der Waals surface area contributed by atoms with Crippen LogP contribution in [0.4, 0.5) is 0 Å². The van der Waals surface area contributed by atoms with E-state index in [4.69, 9.17) is 4.99 Å². The number of benzene rings is 6. The number of aryl methyl sites for hydroxylation is 1. The average Bonchev–Trinajstić information content (AvgIpc) is 3.14. The molecule has 0 saturated heterocycles. The molecule has 0 heterocycles. The topological polar surface area (TPSA) is 24.7 Å². The number of aliphatic imine (C=N–C) groups is 2. The lowest BCUT2D eigenvalue weighted by Crippen LogP contribution is -2.02. The van der Waals surface area contributed by atoms with Gasteiger partial charge in [-0.1, -0.05) is 158 Å². The molecule has 0 aliphatic heterocycles. The third-order valence-corrected chi connectivity index (χ3v) is 8.79. The highest BCUT2D eigenvalue weighted by Gasteiger charge is 2.16. The normalized spacial score (nSPS) is 12.3. The lowest BCUT2D eigenvalue weighted by Gasteiger charge is -2.18. The van der Waals surface area contributed by atoms with E-state index >= 15 is 0 Å². The Morgan fingerprint density at radius 2 is 1.22 bits per heavy atom. The van der Waals surface area contributed by atoms with Crippen LogP contribution in [0.25, 0.3) is 49.9 Å². The van der Waals surface area contributed by atoms with Crippen LogP contribution in [0.1, 0.15) is 29.2 Å². The lowest BCUT2D eigenvalue weighted by molar-refractivity contribution is 1.39. The fourth-order valence-corrected chi connectivity index (χ4v) is 6.20. The molecule has 0 amide bonds. The lowest BCUT2D eigenvalue weighted by atomic mass is 9.86. The molecule has 0 saturated carbocycles. The summed E-state index contributed by atoms with van der Waals surface area (Å²) >= 11 is 0. The van der Waals surface area contributed by atoms with E-state index < -0.39 is 0 Å². The highest BCUT2D eigenvalue weighted by atomic mass is 14.7. The maximum absolute atomic E-state index is 4.85. The molecule has 6 aromatic carbocycles. The van der Waals surface area contributed by atoms with Gasteiger partial charge in [0.15, 0.2) is 0 Å². The van der Waals surface area contributed by atoms with E-state index in [1.807, 2.05) is 66.9 Å². The zero-order valence-electron chi connectivity index (χ0n) is 28.3. The number of allylic oxidation sites excluding steroid dienone is 5. The number of hydrogen-bond acceptors (Lipinski definition) is 2. The Balaban J connectivity index is 1.27. The molecule has 6 aromatic rings. The summed E-state index contributed by atoms with van der Waals surface area (Å²) in [5.41, 5.74) is 13.6. The SMILES string of the molecule is C=C(N=C/C=C/C=C\C=C/N=C(C)c1ccc(-c2ccccc2C)c(C)c1-c1ccc(-c2cccc3ccccc23)cc1)c1ccccc1. The molecular weight excluding hydrogens is 593 g/mol. The van der Waals surface area contributed by atoms with Crippen LogP contribution in [0, 0.1) is 13.8 Å². The molecule has 49 heavy (non-hydrogen) atoms. The molecule has 0 aromatic heterocycles. The first-order valence-corrected chi connectivity index (χ1v) is 16.6. The molecular formula is C47H40N2. The molecule has 238 valence electrons. The minimum absolute atomic E-state index is 0.737. The number of fused-ring (bicyclic) bond motifs is 1. The third-order valence-electron chi connectivity index (χ3n) is 8.79. The number of hydrogen-bond donors (Lipinski definition) is 0. The van der Waals surface area contributed by atoms with E-state index in [2.05, 4.69) is 135 Å². The predicted molar refractivity (Wildman–Crippen MR) is 213 cm³/mol. The largest absolute Gasteiger partial charge is 0.261 e. The van der Waals surface area contributed by atoms with Crippen molar-refractivity contribution < 1.29 is 0 Å². The van der Waals surface area contributed by atoms with Crippen LogP contribution in [0.15, 0.2) is 187 Å². The van der Waals surface area contributed by atoms with Crippen molar-refractivity contribution in [1.82, 2.24) is 0 Å². The van der Waals surface area contributed by atoms with Gasteiger partial charge in [-0.25, -0.2) is 0 Å². The molecule has 0 unspecified atom stereocenters. The molecule has 2 nitrogen and oxygen atoms in total. The monoisotopic (exact) mass is 632 g/mol. The van der Waals surface area contributed by atoms with Crippen LogP contribution in [-0.2, 0) is 0 Å². The van der Waals surface area contributed by atoms with Crippen molar-refractivity contribution >= 4 is 28.4 Å². The Bertz CT molecular complexity index is 2240. The van der Waals surface area contributed by atoms with Gasteiger partial charge in [0.1, 0.15) is 0 Å². The Morgan fingerprint density at radius 3 is 2.04 bits per heavy atom. The molecule has 6 rings (SSSR count). The van der Waals surface area contributed by atoms with E-state index in [1.165, 1.54) is 55.3 Å². The predicted octanol–water partition coefficient (Wildman–Crippen LogP) is 12.6. The fourth-order valence-electron chi connectivity index (χ4n) is 6.20. The molecule has 0 aliphatic rings. The van der Waals surface area contributed by atoms with Crippen LogP contribution in [-0.4, -0.2) is 11.9 Å². The molecule has 0 atom stereocenters. The van der Waals surface area contributed by atoms with E-state index in [0.29, 0.717) is 0 Å². The second-order valence-corrected chi connectivity index (χ2v) is 12.0. The minimum Gasteiger partial charge on any atom is -0.261 e. The fraction of sp³-hybridized carbons (Fsp3) is 0.0638. The summed E-state index contributed by atoms with van der Waals surface area (Å²) in [6.07, 6.45) is 13.3. The molecule has 0 bridgehead atoms. The van der Waals surface area contributed by atoms with Gasteiger partial charge >= 0.3 is 0 Å². The van der Waals surface area contributed by atoms with Crippen LogP contribution in [0.3, 0.4) is 0 Å². The van der Waals surface area contributed by atoms with Crippen LogP contribution >= 0.6 is 0 Å². The maximum Gasteiger partial charge on any atom is 0.0630 e. The summed E-state index contributed by atoms with van der Waals surface area (Å²) in [4.78, 5) is 9.26. The minimum atomic E-state index is 0.737. The van der Waals surface area contributed by atoms with Gasteiger partial charge in [0.25, 0.3) is 0 Å². The van der Waals surface area contributed by atoms with Gasteiger partial charge in [-0.15, -0.1) is 0 Å². The van der Waals surface area contributed by atoms with Crippen molar-refractivity contribution in [2.75, 3.05) is 0 Å². The maximum atomic E-state index is 4.85. The summed E-state index contributed by atoms with van der Waals surface area (Å²) in [6.45, 7) is 10.5.